The standard InChI is InChI=1S/C9H10F3NO.ClH/c10-5-8(13)6-2-1-3-7(4-6)14-9(11)12;/h1-4,8-9H,5,13H2;1H/t8-;/m0./s1. The largest absolute Gasteiger partial charge is 0.435 e. The van der Waals surface area contributed by atoms with Crippen LogP contribution in [0.5, 0.6) is 5.75 Å². The molecule has 2 nitrogen and oxygen atoms in total. The molecule has 6 heteroatoms. The van der Waals surface area contributed by atoms with E-state index in [-0.39, 0.29) is 18.2 Å². The summed E-state index contributed by atoms with van der Waals surface area (Å²) in [6.45, 7) is -3.62. The zero-order chi connectivity index (χ0) is 10.6. The van der Waals surface area contributed by atoms with Crippen LogP contribution in [0.4, 0.5) is 13.2 Å². The van der Waals surface area contributed by atoms with Crippen molar-refractivity contribution in [2.45, 2.75) is 12.7 Å². The van der Waals surface area contributed by atoms with Crippen LogP contribution in [-0.2, 0) is 0 Å². The molecule has 0 fully saturated rings. The quantitative estimate of drug-likeness (QED) is 0.880. The number of ether oxygens (including phenoxy) is 1. The van der Waals surface area contributed by atoms with Crippen molar-refractivity contribution in [1.29, 1.82) is 0 Å². The summed E-state index contributed by atoms with van der Waals surface area (Å²) in [6, 6.07) is 4.92. The maximum absolute atomic E-state index is 12.2. The number of alkyl halides is 3. The first-order valence-corrected chi connectivity index (χ1v) is 4.00. The van der Waals surface area contributed by atoms with Crippen LogP contribution in [0.3, 0.4) is 0 Å². The van der Waals surface area contributed by atoms with Crippen molar-refractivity contribution in [2.75, 3.05) is 6.67 Å². The lowest BCUT2D eigenvalue weighted by molar-refractivity contribution is -0.0498. The molecule has 1 rings (SSSR count). The summed E-state index contributed by atoms with van der Waals surface area (Å²) in [4.78, 5) is 0. The van der Waals surface area contributed by atoms with Crippen molar-refractivity contribution in [3.05, 3.63) is 29.8 Å². The second-order valence-corrected chi connectivity index (χ2v) is 2.71. The molecule has 0 spiro atoms. The van der Waals surface area contributed by atoms with Crippen LogP contribution in [0.15, 0.2) is 24.3 Å². The van der Waals surface area contributed by atoms with E-state index in [2.05, 4.69) is 4.74 Å². The van der Waals surface area contributed by atoms with Crippen LogP contribution >= 0.6 is 12.4 Å². The zero-order valence-electron chi connectivity index (χ0n) is 7.70. The van der Waals surface area contributed by atoms with Crippen molar-refractivity contribution in [1.82, 2.24) is 0 Å². The molecular formula is C9H11ClF3NO. The molecule has 2 N–H and O–H groups in total. The van der Waals surface area contributed by atoms with Gasteiger partial charge >= 0.3 is 6.61 Å². The smallest absolute Gasteiger partial charge is 0.387 e. The maximum Gasteiger partial charge on any atom is 0.387 e. The molecule has 1 atom stereocenters. The zero-order valence-corrected chi connectivity index (χ0v) is 8.52. The molecule has 86 valence electrons. The van der Waals surface area contributed by atoms with Gasteiger partial charge in [-0.3, -0.25) is 0 Å². The van der Waals surface area contributed by atoms with Gasteiger partial charge < -0.3 is 10.5 Å². The highest BCUT2D eigenvalue weighted by Gasteiger charge is 2.08. The van der Waals surface area contributed by atoms with Gasteiger partial charge in [0.2, 0.25) is 0 Å². The molecule has 0 amide bonds. The van der Waals surface area contributed by atoms with Gasteiger partial charge in [-0.15, -0.1) is 12.4 Å². The SMILES string of the molecule is Cl.N[C@@H](CF)c1cccc(OC(F)F)c1. The normalized spacial score (nSPS) is 12.1. The van der Waals surface area contributed by atoms with Gasteiger partial charge in [0.05, 0.1) is 6.04 Å². The molecule has 1 aromatic carbocycles. The van der Waals surface area contributed by atoms with Gasteiger partial charge in [-0.25, -0.2) is 4.39 Å². The molecule has 0 aliphatic carbocycles. The van der Waals surface area contributed by atoms with E-state index in [9.17, 15) is 13.2 Å². The van der Waals surface area contributed by atoms with Crippen molar-refractivity contribution in [3.63, 3.8) is 0 Å². The number of halogens is 4. The second-order valence-electron chi connectivity index (χ2n) is 2.71. The van der Waals surface area contributed by atoms with E-state index in [1.165, 1.54) is 18.2 Å². The molecule has 0 radical (unpaired) electrons. The number of nitrogens with two attached hydrogens (primary N) is 1. The van der Waals surface area contributed by atoms with E-state index >= 15 is 0 Å². The van der Waals surface area contributed by atoms with E-state index in [1.807, 2.05) is 0 Å². The van der Waals surface area contributed by atoms with Crippen molar-refractivity contribution < 1.29 is 17.9 Å². The van der Waals surface area contributed by atoms with Crippen molar-refractivity contribution >= 4 is 12.4 Å². The Morgan fingerprint density at radius 1 is 1.33 bits per heavy atom. The van der Waals surface area contributed by atoms with Crippen molar-refractivity contribution in [3.8, 4) is 5.75 Å². The Kier molecular flexibility index (Phi) is 6.12. The highest BCUT2D eigenvalue weighted by Crippen LogP contribution is 2.19. The highest BCUT2D eigenvalue weighted by atomic mass is 35.5. The van der Waals surface area contributed by atoms with Gasteiger partial charge in [-0.2, -0.15) is 8.78 Å². The van der Waals surface area contributed by atoms with E-state index in [1.54, 1.807) is 6.07 Å². The third-order valence-electron chi connectivity index (χ3n) is 1.68. The minimum Gasteiger partial charge on any atom is -0.435 e. The second kappa shape index (κ2) is 6.53. The summed E-state index contributed by atoms with van der Waals surface area (Å²) < 4.78 is 39.9. The molecule has 0 saturated carbocycles. The Bertz CT molecular complexity index is 298. The molecule has 0 aliphatic rings. The summed E-state index contributed by atoms with van der Waals surface area (Å²) in [7, 11) is 0. The number of benzene rings is 1. The van der Waals surface area contributed by atoms with Gasteiger partial charge in [0.1, 0.15) is 12.4 Å². The first-order valence-electron chi connectivity index (χ1n) is 4.00. The van der Waals surface area contributed by atoms with Crippen molar-refractivity contribution in [2.24, 2.45) is 5.73 Å². The number of rotatable bonds is 4. The Hall–Kier alpha value is -0.940. The van der Waals surface area contributed by atoms with Crippen LogP contribution in [0.25, 0.3) is 0 Å². The maximum atomic E-state index is 12.2. The summed E-state index contributed by atoms with van der Waals surface area (Å²) in [5, 5.41) is 0. The predicted octanol–water partition coefficient (Wildman–Crippen LogP) is 2.68. The Morgan fingerprint density at radius 3 is 2.53 bits per heavy atom. The topological polar surface area (TPSA) is 35.2 Å². The average molecular weight is 242 g/mol. The fraction of sp³-hybridized carbons (Fsp3) is 0.333. The molecule has 0 saturated heterocycles. The van der Waals surface area contributed by atoms with E-state index in [0.29, 0.717) is 5.56 Å². The van der Waals surface area contributed by atoms with Gasteiger partial charge in [-0.1, -0.05) is 12.1 Å². The number of hydrogen-bond acceptors (Lipinski definition) is 2. The third kappa shape index (κ3) is 4.40. The fourth-order valence-electron chi connectivity index (χ4n) is 1.01. The van der Waals surface area contributed by atoms with Crippen LogP contribution in [0, 0.1) is 0 Å². The van der Waals surface area contributed by atoms with Gasteiger partial charge in [0.15, 0.2) is 0 Å². The predicted molar refractivity (Wildman–Crippen MR) is 53.2 cm³/mol. The van der Waals surface area contributed by atoms with Crippen LogP contribution in [0.1, 0.15) is 11.6 Å². The first kappa shape index (κ1) is 14.1. The number of hydrogen-bond donors (Lipinski definition) is 1. The molecule has 1 aromatic rings. The minimum absolute atomic E-state index is 0. The summed E-state index contributed by atoms with van der Waals surface area (Å²) >= 11 is 0. The molecule has 0 aromatic heterocycles. The lowest BCUT2D eigenvalue weighted by Gasteiger charge is -2.09. The first-order chi connectivity index (χ1) is 6.63. The highest BCUT2D eigenvalue weighted by molar-refractivity contribution is 5.85. The van der Waals surface area contributed by atoms with Gasteiger partial charge in [-0.05, 0) is 17.7 Å². The lowest BCUT2D eigenvalue weighted by atomic mass is 10.1. The molecule has 0 heterocycles. The summed E-state index contributed by atoms with van der Waals surface area (Å²) in [5.41, 5.74) is 5.81. The average Bonchev–Trinajstić information content (AvgIpc) is 2.16. The Labute approximate surface area is 91.6 Å². The molecule has 0 bridgehead atoms. The molecule has 15 heavy (non-hydrogen) atoms. The van der Waals surface area contributed by atoms with E-state index in [4.69, 9.17) is 5.73 Å². The van der Waals surface area contributed by atoms with Crippen LogP contribution in [0.2, 0.25) is 0 Å². The monoisotopic (exact) mass is 241 g/mol. The molecular weight excluding hydrogens is 231 g/mol. The third-order valence-corrected chi connectivity index (χ3v) is 1.68. The van der Waals surface area contributed by atoms with E-state index < -0.39 is 19.3 Å². The lowest BCUT2D eigenvalue weighted by Crippen LogP contribution is -2.12. The summed E-state index contributed by atoms with van der Waals surface area (Å²) in [6.07, 6.45) is 0. The Balaban J connectivity index is 0.00000196. The van der Waals surface area contributed by atoms with Crippen LogP contribution < -0.4 is 10.5 Å². The molecule has 0 aliphatic heterocycles. The summed E-state index contributed by atoms with van der Waals surface area (Å²) in [5.74, 6) is -0.0126. The van der Waals surface area contributed by atoms with Gasteiger partial charge in [0.25, 0.3) is 0 Å². The fourth-order valence-corrected chi connectivity index (χ4v) is 1.01. The Morgan fingerprint density at radius 2 is 2.00 bits per heavy atom. The minimum atomic E-state index is -2.88. The van der Waals surface area contributed by atoms with Gasteiger partial charge in [0, 0.05) is 0 Å². The van der Waals surface area contributed by atoms with E-state index in [0.717, 1.165) is 0 Å². The molecule has 0 unspecified atom stereocenters. The van der Waals surface area contributed by atoms with Crippen LogP contribution in [-0.4, -0.2) is 13.3 Å².